The lowest BCUT2D eigenvalue weighted by atomic mass is 10.3. The second-order valence-electron chi connectivity index (χ2n) is 5.84. The minimum atomic E-state index is -4.60. The van der Waals surface area contributed by atoms with Crippen LogP contribution in [0.25, 0.3) is 0 Å². The molecule has 0 aromatic heterocycles. The van der Waals surface area contributed by atoms with E-state index in [1.165, 1.54) is 18.2 Å². The van der Waals surface area contributed by atoms with Crippen molar-refractivity contribution in [2.75, 3.05) is 20.3 Å². The van der Waals surface area contributed by atoms with Crippen LogP contribution in [-0.4, -0.2) is 64.7 Å². The number of sulfonamides is 1. The van der Waals surface area contributed by atoms with Gasteiger partial charge in [0.25, 0.3) is 10.0 Å². The molecule has 11 nitrogen and oxygen atoms in total. The highest BCUT2D eigenvalue weighted by atomic mass is 32.2. The summed E-state index contributed by atoms with van der Waals surface area (Å²) in [6.45, 7) is 0.492. The molecular weight excluding hydrogens is 447 g/mol. The maximum absolute atomic E-state index is 12.5. The number of benzene rings is 1. The van der Waals surface area contributed by atoms with Crippen LogP contribution in [-0.2, 0) is 19.6 Å². The number of amides is 2. The van der Waals surface area contributed by atoms with Gasteiger partial charge < -0.3 is 9.47 Å². The molecule has 172 valence electrons. The maximum Gasteiger partial charge on any atom is 0.414 e. The lowest BCUT2D eigenvalue weighted by molar-refractivity contribution is -0.213. The quantitative estimate of drug-likeness (QED) is 0.594. The fourth-order valence-corrected chi connectivity index (χ4v) is 3.20. The number of halogens is 3. The van der Waals surface area contributed by atoms with Crippen LogP contribution in [0, 0.1) is 0 Å². The van der Waals surface area contributed by atoms with E-state index in [9.17, 15) is 26.4 Å². The Kier molecular flexibility index (Phi) is 8.04. The number of para-hydroxylation sites is 1. The van der Waals surface area contributed by atoms with Gasteiger partial charge in [0, 0.05) is 0 Å². The number of methoxy groups -OCH3 is 1. The van der Waals surface area contributed by atoms with Gasteiger partial charge in [0.2, 0.25) is 6.29 Å². The number of carbonyl (C=O) groups is 1. The first-order chi connectivity index (χ1) is 14.6. The lowest BCUT2D eigenvalue weighted by Gasteiger charge is -2.24. The minimum absolute atomic E-state index is 0.0671. The molecule has 2 amide bonds. The molecule has 0 saturated heterocycles. The highest BCUT2D eigenvalue weighted by Crippen LogP contribution is 2.23. The van der Waals surface area contributed by atoms with Crippen LogP contribution in [0.3, 0.4) is 0 Å². The fourth-order valence-electron chi connectivity index (χ4n) is 2.14. The normalized spacial score (nSPS) is 16.5. The van der Waals surface area contributed by atoms with Crippen LogP contribution in [0.15, 0.2) is 39.1 Å². The topological polar surface area (TPSA) is 131 Å². The molecule has 1 aliphatic rings. The number of aliphatic imine (C=N–C) groups is 2. The molecule has 0 fully saturated rings. The van der Waals surface area contributed by atoms with Crippen molar-refractivity contribution < 1.29 is 40.7 Å². The van der Waals surface area contributed by atoms with E-state index >= 15 is 0 Å². The number of ether oxygens (including phenoxy) is 2. The first kappa shape index (κ1) is 24.2. The zero-order chi connectivity index (χ0) is 23.1. The monoisotopic (exact) mass is 467 g/mol. The Morgan fingerprint density at radius 1 is 1.29 bits per heavy atom. The van der Waals surface area contributed by atoms with Gasteiger partial charge in [0.05, 0.1) is 13.7 Å². The van der Waals surface area contributed by atoms with Crippen molar-refractivity contribution in [1.82, 2.24) is 15.1 Å². The molecular formula is C16H20F3N5O6S. The summed E-state index contributed by atoms with van der Waals surface area (Å²) in [5.74, 6) is 0.0671. The molecule has 1 atom stereocenters. The van der Waals surface area contributed by atoms with E-state index < -0.39 is 41.1 Å². The SMILES string of the molecule is CCCOc1ccccc1S(=O)(=O)NC(=O)NC1N=CN(OCC(F)(F)F)C(OC)=N1. The third kappa shape index (κ3) is 7.29. The second kappa shape index (κ2) is 10.3. The zero-order valence-corrected chi connectivity index (χ0v) is 17.2. The van der Waals surface area contributed by atoms with Crippen LogP contribution in [0.2, 0.25) is 0 Å². The summed E-state index contributed by atoms with van der Waals surface area (Å²) in [4.78, 5) is 23.7. The van der Waals surface area contributed by atoms with E-state index in [0.29, 0.717) is 11.5 Å². The van der Waals surface area contributed by atoms with Gasteiger partial charge in [-0.1, -0.05) is 19.1 Å². The highest BCUT2D eigenvalue weighted by molar-refractivity contribution is 7.90. The maximum atomic E-state index is 12.5. The highest BCUT2D eigenvalue weighted by Gasteiger charge is 2.31. The Morgan fingerprint density at radius 3 is 2.65 bits per heavy atom. The predicted molar refractivity (Wildman–Crippen MR) is 102 cm³/mol. The Balaban J connectivity index is 2.03. The summed E-state index contributed by atoms with van der Waals surface area (Å²) < 4.78 is 73.9. The third-order valence-corrected chi connectivity index (χ3v) is 4.74. The largest absolute Gasteiger partial charge is 0.492 e. The second-order valence-corrected chi connectivity index (χ2v) is 7.49. The number of urea groups is 1. The zero-order valence-electron chi connectivity index (χ0n) is 16.4. The van der Waals surface area contributed by atoms with E-state index in [1.807, 2.05) is 6.92 Å². The van der Waals surface area contributed by atoms with Gasteiger partial charge in [0.15, 0.2) is 6.61 Å². The molecule has 1 unspecified atom stereocenters. The minimum Gasteiger partial charge on any atom is -0.492 e. The number of rotatable bonds is 8. The van der Waals surface area contributed by atoms with Gasteiger partial charge >= 0.3 is 18.2 Å². The number of hydrogen-bond donors (Lipinski definition) is 2. The molecule has 1 aromatic carbocycles. The Bertz CT molecular complexity index is 938. The van der Waals surface area contributed by atoms with Crippen molar-refractivity contribution in [2.24, 2.45) is 9.98 Å². The number of carbonyl (C=O) groups excluding carboxylic acids is 1. The molecule has 1 aliphatic heterocycles. The molecule has 0 spiro atoms. The smallest absolute Gasteiger partial charge is 0.414 e. The first-order valence-corrected chi connectivity index (χ1v) is 10.2. The third-order valence-electron chi connectivity index (χ3n) is 3.37. The average molecular weight is 467 g/mol. The molecule has 1 heterocycles. The van der Waals surface area contributed by atoms with Crippen molar-refractivity contribution >= 4 is 28.4 Å². The number of nitrogens with one attached hydrogen (secondary N) is 2. The van der Waals surface area contributed by atoms with Gasteiger partial charge in [-0.3, -0.25) is 10.2 Å². The van der Waals surface area contributed by atoms with Crippen molar-refractivity contribution in [2.45, 2.75) is 30.7 Å². The van der Waals surface area contributed by atoms with Crippen LogP contribution < -0.4 is 14.8 Å². The molecule has 2 N–H and O–H groups in total. The van der Waals surface area contributed by atoms with E-state index in [2.05, 4.69) is 20.1 Å². The molecule has 15 heteroatoms. The van der Waals surface area contributed by atoms with Gasteiger partial charge in [-0.25, -0.2) is 22.9 Å². The van der Waals surface area contributed by atoms with E-state index in [1.54, 1.807) is 10.8 Å². The summed E-state index contributed by atoms with van der Waals surface area (Å²) >= 11 is 0. The van der Waals surface area contributed by atoms with Crippen LogP contribution in [0.4, 0.5) is 18.0 Å². The Hall–Kier alpha value is -3.07. The van der Waals surface area contributed by atoms with Crippen LogP contribution in [0.1, 0.15) is 13.3 Å². The van der Waals surface area contributed by atoms with E-state index in [4.69, 9.17) is 9.47 Å². The number of nitrogens with zero attached hydrogens (tertiary/aromatic N) is 3. The van der Waals surface area contributed by atoms with Crippen molar-refractivity contribution in [3.63, 3.8) is 0 Å². The standard InChI is InChI=1S/C16H20F3N5O6S/c1-3-8-29-11-6-4-5-7-12(11)31(26,27)23-14(25)21-13-20-10-24(15(22-13)28-2)30-9-16(17,18)19/h4-7,10,13H,3,8-9H2,1-2H3,(H2,21,23,25). The van der Waals surface area contributed by atoms with Crippen molar-refractivity contribution in [3.05, 3.63) is 24.3 Å². The van der Waals surface area contributed by atoms with Crippen LogP contribution in [0.5, 0.6) is 5.75 Å². The summed E-state index contributed by atoms with van der Waals surface area (Å²) in [5.41, 5.74) is 0. The van der Waals surface area contributed by atoms with E-state index in [-0.39, 0.29) is 17.3 Å². The molecule has 2 rings (SSSR count). The number of amidine groups is 1. The Labute approximate surface area is 175 Å². The van der Waals surface area contributed by atoms with Gasteiger partial charge in [-0.15, -0.1) is 0 Å². The average Bonchev–Trinajstić information content (AvgIpc) is 2.70. The molecule has 0 bridgehead atoms. The molecule has 31 heavy (non-hydrogen) atoms. The summed E-state index contributed by atoms with van der Waals surface area (Å²) in [7, 11) is -3.20. The van der Waals surface area contributed by atoms with Gasteiger partial charge in [-0.2, -0.15) is 23.2 Å². The number of hydrogen-bond acceptors (Lipinski definition) is 9. The van der Waals surface area contributed by atoms with E-state index in [0.717, 1.165) is 13.4 Å². The van der Waals surface area contributed by atoms with Gasteiger partial charge in [0.1, 0.15) is 17.0 Å². The first-order valence-electron chi connectivity index (χ1n) is 8.75. The summed E-state index contributed by atoms with van der Waals surface area (Å²) in [5, 5.41) is 2.64. The lowest BCUT2D eigenvalue weighted by Crippen LogP contribution is -2.47. The summed E-state index contributed by atoms with van der Waals surface area (Å²) in [6.07, 6.45) is -4.54. The van der Waals surface area contributed by atoms with Gasteiger partial charge in [-0.05, 0) is 18.6 Å². The van der Waals surface area contributed by atoms with Crippen LogP contribution >= 0.6 is 0 Å². The predicted octanol–water partition coefficient (Wildman–Crippen LogP) is 1.59. The number of alkyl halides is 3. The molecule has 0 saturated carbocycles. The summed E-state index contributed by atoms with van der Waals surface area (Å²) in [6, 6.07) is 4.12. The van der Waals surface area contributed by atoms with Crippen molar-refractivity contribution in [1.29, 1.82) is 0 Å². The molecule has 0 aliphatic carbocycles. The molecule has 1 aromatic rings. The fraction of sp³-hybridized carbons (Fsp3) is 0.438. The Morgan fingerprint density at radius 2 is 2.00 bits per heavy atom. The molecule has 0 radical (unpaired) electrons. The van der Waals surface area contributed by atoms with Crippen molar-refractivity contribution in [3.8, 4) is 5.75 Å². The number of hydroxylamine groups is 2.